The Morgan fingerprint density at radius 3 is 2.41 bits per heavy atom. The molecular weight excluding hydrogens is 210 g/mol. The minimum Gasteiger partial charge on any atom is -0.351 e. The van der Waals surface area contributed by atoms with Crippen molar-refractivity contribution in [3.63, 3.8) is 0 Å². The molecule has 4 fully saturated rings. The second-order valence-electron chi connectivity index (χ2n) is 7.17. The average Bonchev–Trinajstić information content (AvgIpc) is 2.11. The molecule has 4 aliphatic rings. The molecule has 1 amide bonds. The zero-order valence-electron chi connectivity index (χ0n) is 11.2. The van der Waals surface area contributed by atoms with Crippen LogP contribution in [0.1, 0.15) is 65.2 Å². The van der Waals surface area contributed by atoms with Crippen LogP contribution in [0.25, 0.3) is 0 Å². The highest BCUT2D eigenvalue weighted by Gasteiger charge is 2.57. The molecule has 4 bridgehead atoms. The van der Waals surface area contributed by atoms with Crippen molar-refractivity contribution >= 4 is 5.91 Å². The highest BCUT2D eigenvalue weighted by molar-refractivity contribution is 5.74. The van der Waals surface area contributed by atoms with Gasteiger partial charge in [0, 0.05) is 12.5 Å². The van der Waals surface area contributed by atoms with Gasteiger partial charge in [0.1, 0.15) is 0 Å². The van der Waals surface area contributed by atoms with Crippen molar-refractivity contribution in [2.45, 2.75) is 70.8 Å². The SMILES string of the molecule is CCCC12CC3CC(C1)CC(NC(C)=O)(C3)C2. The molecule has 0 aromatic rings. The first kappa shape index (κ1) is 11.6. The Kier molecular flexibility index (Phi) is 2.53. The van der Waals surface area contributed by atoms with Gasteiger partial charge in [-0.05, 0) is 62.2 Å². The van der Waals surface area contributed by atoms with Gasteiger partial charge in [-0.15, -0.1) is 0 Å². The number of carbonyl (C=O) groups excluding carboxylic acids is 1. The highest BCUT2D eigenvalue weighted by atomic mass is 16.1. The molecule has 2 atom stereocenters. The Labute approximate surface area is 105 Å². The van der Waals surface area contributed by atoms with Gasteiger partial charge in [-0.2, -0.15) is 0 Å². The van der Waals surface area contributed by atoms with E-state index in [9.17, 15) is 4.79 Å². The van der Waals surface area contributed by atoms with Gasteiger partial charge >= 0.3 is 0 Å². The third-order valence-corrected chi connectivity index (χ3v) is 5.40. The van der Waals surface area contributed by atoms with Gasteiger partial charge < -0.3 is 5.32 Å². The maximum Gasteiger partial charge on any atom is 0.217 e. The van der Waals surface area contributed by atoms with E-state index in [-0.39, 0.29) is 11.4 Å². The fraction of sp³-hybridized carbons (Fsp3) is 0.933. The van der Waals surface area contributed by atoms with Crippen molar-refractivity contribution in [2.24, 2.45) is 17.3 Å². The van der Waals surface area contributed by atoms with Gasteiger partial charge in [0.15, 0.2) is 0 Å². The Bertz CT molecular complexity index is 322. The van der Waals surface area contributed by atoms with Gasteiger partial charge in [0.05, 0.1) is 0 Å². The lowest BCUT2D eigenvalue weighted by atomic mass is 9.46. The monoisotopic (exact) mass is 235 g/mol. The fourth-order valence-corrected chi connectivity index (χ4v) is 5.79. The zero-order valence-corrected chi connectivity index (χ0v) is 11.2. The first-order chi connectivity index (χ1) is 8.05. The molecule has 2 nitrogen and oxygen atoms in total. The summed E-state index contributed by atoms with van der Waals surface area (Å²) in [7, 11) is 0. The minimum atomic E-state index is 0.179. The number of nitrogens with one attached hydrogen (secondary N) is 1. The number of rotatable bonds is 3. The molecule has 0 aliphatic heterocycles. The molecule has 2 heteroatoms. The van der Waals surface area contributed by atoms with Crippen molar-refractivity contribution in [3.8, 4) is 0 Å². The molecule has 0 aromatic carbocycles. The smallest absolute Gasteiger partial charge is 0.217 e. The molecule has 0 radical (unpaired) electrons. The Morgan fingerprint density at radius 2 is 1.88 bits per heavy atom. The average molecular weight is 235 g/mol. The van der Waals surface area contributed by atoms with E-state index in [0.29, 0.717) is 5.41 Å². The van der Waals surface area contributed by atoms with E-state index in [1.807, 2.05) is 0 Å². The van der Waals surface area contributed by atoms with E-state index < -0.39 is 0 Å². The standard InChI is InChI=1S/C15H25NO/c1-3-4-14-6-12-5-13(7-14)9-15(8-12,10-14)16-11(2)17/h12-13H,3-10H2,1-2H3,(H,16,17). The van der Waals surface area contributed by atoms with Gasteiger partial charge in [0.25, 0.3) is 0 Å². The van der Waals surface area contributed by atoms with E-state index in [0.717, 1.165) is 11.8 Å². The van der Waals surface area contributed by atoms with Crippen LogP contribution in [0, 0.1) is 17.3 Å². The summed E-state index contributed by atoms with van der Waals surface area (Å²) in [6.07, 6.45) is 10.8. The van der Waals surface area contributed by atoms with E-state index in [2.05, 4.69) is 12.2 Å². The topological polar surface area (TPSA) is 29.1 Å². The number of amides is 1. The lowest BCUT2D eigenvalue weighted by Gasteiger charge is -2.62. The molecule has 1 N–H and O–H groups in total. The molecule has 17 heavy (non-hydrogen) atoms. The van der Waals surface area contributed by atoms with Crippen molar-refractivity contribution in [1.82, 2.24) is 5.32 Å². The molecule has 0 aromatic heterocycles. The minimum absolute atomic E-state index is 0.179. The maximum absolute atomic E-state index is 11.5. The van der Waals surface area contributed by atoms with Crippen molar-refractivity contribution in [1.29, 1.82) is 0 Å². The van der Waals surface area contributed by atoms with Crippen LogP contribution in [0.4, 0.5) is 0 Å². The van der Waals surface area contributed by atoms with Gasteiger partial charge in [0.2, 0.25) is 5.91 Å². The summed E-state index contributed by atoms with van der Waals surface area (Å²) in [5.74, 6) is 1.97. The lowest BCUT2D eigenvalue weighted by Crippen LogP contribution is -2.62. The molecule has 4 rings (SSSR count). The van der Waals surface area contributed by atoms with Crippen molar-refractivity contribution in [3.05, 3.63) is 0 Å². The Hall–Kier alpha value is -0.530. The van der Waals surface area contributed by atoms with Crippen LogP contribution in [0.15, 0.2) is 0 Å². The Balaban J connectivity index is 1.86. The molecule has 0 spiro atoms. The summed E-state index contributed by atoms with van der Waals surface area (Å²) in [5.41, 5.74) is 0.770. The third kappa shape index (κ3) is 1.90. The summed E-state index contributed by atoms with van der Waals surface area (Å²) in [6, 6.07) is 0. The predicted octanol–water partition coefficient (Wildman–Crippen LogP) is 3.26. The summed E-state index contributed by atoms with van der Waals surface area (Å²) < 4.78 is 0. The molecule has 96 valence electrons. The summed E-state index contributed by atoms with van der Waals surface area (Å²) in [6.45, 7) is 3.99. The normalized spacial score (nSPS) is 47.2. The fourth-order valence-electron chi connectivity index (χ4n) is 5.79. The molecule has 2 unspecified atom stereocenters. The van der Waals surface area contributed by atoms with E-state index in [4.69, 9.17) is 0 Å². The molecular formula is C15H25NO. The van der Waals surface area contributed by atoms with E-state index in [1.54, 1.807) is 6.92 Å². The van der Waals surface area contributed by atoms with Crippen LogP contribution < -0.4 is 5.32 Å². The number of carbonyl (C=O) groups is 1. The van der Waals surface area contributed by atoms with Crippen LogP contribution in [0.5, 0.6) is 0 Å². The third-order valence-electron chi connectivity index (χ3n) is 5.40. The van der Waals surface area contributed by atoms with Crippen LogP contribution in [-0.4, -0.2) is 11.4 Å². The number of hydrogen-bond donors (Lipinski definition) is 1. The Morgan fingerprint density at radius 1 is 1.24 bits per heavy atom. The van der Waals surface area contributed by atoms with E-state index in [1.165, 1.54) is 51.4 Å². The number of hydrogen-bond acceptors (Lipinski definition) is 1. The highest BCUT2D eigenvalue weighted by Crippen LogP contribution is 2.63. The lowest BCUT2D eigenvalue weighted by molar-refractivity contribution is -0.129. The zero-order chi connectivity index (χ0) is 12.1. The van der Waals surface area contributed by atoms with Crippen LogP contribution in [-0.2, 0) is 4.79 Å². The van der Waals surface area contributed by atoms with Crippen LogP contribution in [0.3, 0.4) is 0 Å². The summed E-state index contributed by atoms with van der Waals surface area (Å²) >= 11 is 0. The van der Waals surface area contributed by atoms with Gasteiger partial charge in [-0.25, -0.2) is 0 Å². The van der Waals surface area contributed by atoms with Gasteiger partial charge in [-0.3, -0.25) is 4.79 Å². The predicted molar refractivity (Wildman–Crippen MR) is 68.6 cm³/mol. The van der Waals surface area contributed by atoms with Crippen LogP contribution >= 0.6 is 0 Å². The molecule has 4 saturated carbocycles. The largest absolute Gasteiger partial charge is 0.351 e. The summed E-state index contributed by atoms with van der Waals surface area (Å²) in [4.78, 5) is 11.5. The van der Waals surface area contributed by atoms with Crippen LogP contribution in [0.2, 0.25) is 0 Å². The first-order valence-corrected chi connectivity index (χ1v) is 7.34. The van der Waals surface area contributed by atoms with Crippen molar-refractivity contribution < 1.29 is 4.79 Å². The van der Waals surface area contributed by atoms with Gasteiger partial charge in [-0.1, -0.05) is 13.3 Å². The maximum atomic E-state index is 11.5. The van der Waals surface area contributed by atoms with Crippen molar-refractivity contribution in [2.75, 3.05) is 0 Å². The molecule has 0 heterocycles. The second kappa shape index (κ2) is 3.73. The first-order valence-electron chi connectivity index (χ1n) is 7.34. The molecule has 4 aliphatic carbocycles. The summed E-state index contributed by atoms with van der Waals surface area (Å²) in [5, 5.41) is 3.33. The molecule has 0 saturated heterocycles. The van der Waals surface area contributed by atoms with E-state index >= 15 is 0 Å². The second-order valence-corrected chi connectivity index (χ2v) is 7.17. The quantitative estimate of drug-likeness (QED) is 0.799.